The van der Waals surface area contributed by atoms with E-state index in [4.69, 9.17) is 4.74 Å². The van der Waals surface area contributed by atoms with Gasteiger partial charge in [-0.2, -0.15) is 0 Å². The highest BCUT2D eigenvalue weighted by Crippen LogP contribution is 2.56. The van der Waals surface area contributed by atoms with Crippen LogP contribution in [0.4, 0.5) is 5.69 Å². The lowest BCUT2D eigenvalue weighted by molar-refractivity contribution is -0.154. The van der Waals surface area contributed by atoms with Crippen molar-refractivity contribution in [3.8, 4) is 0 Å². The van der Waals surface area contributed by atoms with Crippen LogP contribution in [0.25, 0.3) is 0 Å². The molecule has 1 aliphatic heterocycles. The van der Waals surface area contributed by atoms with Gasteiger partial charge in [-0.05, 0) is 56.6 Å². The average Bonchev–Trinajstić information content (AvgIpc) is 3.32. The molecule has 1 heterocycles. The normalized spacial score (nSPS) is 27.9. The Morgan fingerprint density at radius 3 is 2.36 bits per heavy atom. The van der Waals surface area contributed by atoms with E-state index in [0.29, 0.717) is 5.69 Å². The number of imide groups is 1. The van der Waals surface area contributed by atoms with Gasteiger partial charge in [0.2, 0.25) is 11.8 Å². The molecule has 7 nitrogen and oxygen atoms in total. The van der Waals surface area contributed by atoms with Crippen molar-refractivity contribution in [3.05, 3.63) is 29.3 Å². The summed E-state index contributed by atoms with van der Waals surface area (Å²) in [4.78, 5) is 50.3. The highest BCUT2D eigenvalue weighted by molar-refractivity contribution is 6.08. The van der Waals surface area contributed by atoms with Crippen molar-refractivity contribution >= 4 is 29.4 Å². The second-order valence-electron chi connectivity index (χ2n) is 8.17. The maximum absolute atomic E-state index is 12.6. The minimum Gasteiger partial charge on any atom is -0.454 e. The number of nitrogens with zero attached hydrogens (tertiary/aromatic N) is 1. The van der Waals surface area contributed by atoms with Crippen LogP contribution in [0.3, 0.4) is 0 Å². The molecule has 1 N–H and O–H groups in total. The van der Waals surface area contributed by atoms with E-state index in [1.165, 1.54) is 0 Å². The number of anilines is 1. The smallest absolute Gasteiger partial charge is 0.326 e. The zero-order chi connectivity index (χ0) is 20.0. The van der Waals surface area contributed by atoms with E-state index in [2.05, 4.69) is 5.32 Å². The fourth-order valence-electron chi connectivity index (χ4n) is 5.09. The third-order valence-corrected chi connectivity index (χ3v) is 6.33. The maximum atomic E-state index is 12.6. The predicted octanol–water partition coefficient (Wildman–Crippen LogP) is 1.82. The summed E-state index contributed by atoms with van der Waals surface area (Å²) >= 11 is 0. The maximum Gasteiger partial charge on any atom is 0.326 e. The highest BCUT2D eigenvalue weighted by Gasteiger charge is 2.61. The molecule has 0 unspecified atom stereocenters. The summed E-state index contributed by atoms with van der Waals surface area (Å²) in [7, 11) is 0. The number of benzene rings is 1. The summed E-state index contributed by atoms with van der Waals surface area (Å²) in [6.45, 7) is 2.96. The average molecular weight is 384 g/mol. The van der Waals surface area contributed by atoms with Crippen LogP contribution in [0.1, 0.15) is 30.4 Å². The summed E-state index contributed by atoms with van der Waals surface area (Å²) in [6.07, 6.45) is 2.92. The third kappa shape index (κ3) is 3.19. The molecule has 4 atom stereocenters. The van der Waals surface area contributed by atoms with Crippen molar-refractivity contribution in [1.29, 1.82) is 0 Å². The molecular formula is C21H24N2O5. The van der Waals surface area contributed by atoms with E-state index >= 15 is 0 Å². The number of carbonyl (C=O) groups is 4. The number of likely N-dealkylation sites (tertiary alicyclic amines) is 1. The lowest BCUT2D eigenvalue weighted by atomic mass is 9.81. The van der Waals surface area contributed by atoms with Crippen molar-refractivity contribution in [3.63, 3.8) is 0 Å². The van der Waals surface area contributed by atoms with E-state index in [9.17, 15) is 19.2 Å². The molecule has 7 heteroatoms. The lowest BCUT2D eigenvalue weighted by Gasteiger charge is -2.19. The molecule has 28 heavy (non-hydrogen) atoms. The SMILES string of the molecule is Cc1ccc(NC(=O)COC(=O)CN2C(=O)[C@H]3[C@@H]4CC[C@@H](C4)[C@@H]3C2=O)c(C)c1. The molecule has 0 radical (unpaired) electrons. The van der Waals surface area contributed by atoms with Crippen LogP contribution in [-0.2, 0) is 23.9 Å². The van der Waals surface area contributed by atoms with E-state index in [0.717, 1.165) is 35.3 Å². The van der Waals surface area contributed by atoms with Gasteiger partial charge in [0.05, 0.1) is 11.8 Å². The molecule has 2 saturated carbocycles. The van der Waals surface area contributed by atoms with Gasteiger partial charge >= 0.3 is 5.97 Å². The zero-order valence-electron chi connectivity index (χ0n) is 16.1. The number of amides is 3. The zero-order valence-corrected chi connectivity index (χ0v) is 16.1. The standard InChI is InChI=1S/C21H24N2O5/c1-11-3-6-15(12(2)7-11)22-16(24)10-28-17(25)9-23-20(26)18-13-4-5-14(8-13)19(18)21(23)27/h3,6-7,13-14,18-19H,4-5,8-10H2,1-2H3,(H,22,24)/t13-,14+,18-,19-/m0/s1. The summed E-state index contributed by atoms with van der Waals surface area (Å²) in [5.74, 6) is -1.68. The fourth-order valence-corrected chi connectivity index (χ4v) is 5.09. The number of fused-ring (bicyclic) bond motifs is 5. The molecule has 3 fully saturated rings. The molecule has 1 aromatic carbocycles. The quantitative estimate of drug-likeness (QED) is 0.617. The fraction of sp³-hybridized carbons (Fsp3) is 0.524. The molecule has 3 aliphatic rings. The van der Waals surface area contributed by atoms with Crippen LogP contribution in [0.5, 0.6) is 0 Å². The highest BCUT2D eigenvalue weighted by atomic mass is 16.5. The molecule has 1 aromatic rings. The Hall–Kier alpha value is -2.70. The van der Waals surface area contributed by atoms with E-state index in [1.807, 2.05) is 26.0 Å². The molecule has 0 aromatic heterocycles. The van der Waals surface area contributed by atoms with Crippen LogP contribution in [0.2, 0.25) is 0 Å². The molecule has 3 amide bonds. The number of nitrogens with one attached hydrogen (secondary N) is 1. The summed E-state index contributed by atoms with van der Waals surface area (Å²) in [6, 6.07) is 5.61. The predicted molar refractivity (Wildman–Crippen MR) is 100 cm³/mol. The van der Waals surface area contributed by atoms with E-state index in [-0.39, 0.29) is 35.5 Å². The Balaban J connectivity index is 1.29. The number of esters is 1. The Bertz CT molecular complexity index is 836. The Morgan fingerprint density at radius 1 is 1.11 bits per heavy atom. The Labute approximate surface area is 163 Å². The first-order valence-electron chi connectivity index (χ1n) is 9.73. The minimum absolute atomic E-state index is 0.251. The number of aryl methyl sites for hydroxylation is 2. The number of hydrogen-bond donors (Lipinski definition) is 1. The first-order chi connectivity index (χ1) is 13.3. The van der Waals surface area contributed by atoms with Crippen LogP contribution < -0.4 is 5.32 Å². The molecular weight excluding hydrogens is 360 g/mol. The van der Waals surface area contributed by atoms with Crippen molar-refractivity contribution in [2.75, 3.05) is 18.5 Å². The first kappa shape index (κ1) is 18.7. The van der Waals surface area contributed by atoms with Crippen LogP contribution in [0, 0.1) is 37.5 Å². The van der Waals surface area contributed by atoms with Gasteiger partial charge in [-0.15, -0.1) is 0 Å². The van der Waals surface area contributed by atoms with E-state index < -0.39 is 25.0 Å². The number of ether oxygens (including phenoxy) is 1. The summed E-state index contributed by atoms with van der Waals surface area (Å²) in [5, 5.41) is 2.69. The molecule has 2 aliphatic carbocycles. The summed E-state index contributed by atoms with van der Waals surface area (Å²) in [5.41, 5.74) is 2.65. The topological polar surface area (TPSA) is 92.8 Å². The molecule has 148 valence electrons. The molecule has 2 bridgehead atoms. The molecule has 1 saturated heterocycles. The van der Waals surface area contributed by atoms with Crippen molar-refractivity contribution in [2.24, 2.45) is 23.7 Å². The number of carbonyl (C=O) groups excluding carboxylic acids is 4. The Morgan fingerprint density at radius 2 is 1.75 bits per heavy atom. The van der Waals surface area contributed by atoms with Gasteiger partial charge in [0, 0.05) is 5.69 Å². The van der Waals surface area contributed by atoms with Crippen LogP contribution >= 0.6 is 0 Å². The van der Waals surface area contributed by atoms with Crippen molar-refractivity contribution in [2.45, 2.75) is 33.1 Å². The van der Waals surface area contributed by atoms with Gasteiger partial charge in [-0.1, -0.05) is 17.7 Å². The lowest BCUT2D eigenvalue weighted by Crippen LogP contribution is -2.38. The third-order valence-electron chi connectivity index (χ3n) is 6.33. The van der Waals surface area contributed by atoms with Gasteiger partial charge in [-0.3, -0.25) is 24.1 Å². The van der Waals surface area contributed by atoms with Gasteiger partial charge in [0.25, 0.3) is 5.91 Å². The molecule has 4 rings (SSSR count). The molecule has 0 spiro atoms. The van der Waals surface area contributed by atoms with E-state index in [1.54, 1.807) is 6.07 Å². The van der Waals surface area contributed by atoms with Gasteiger partial charge in [0.15, 0.2) is 6.61 Å². The van der Waals surface area contributed by atoms with Crippen LogP contribution in [0.15, 0.2) is 18.2 Å². The largest absolute Gasteiger partial charge is 0.454 e. The Kier molecular flexibility index (Phi) is 4.69. The first-order valence-corrected chi connectivity index (χ1v) is 9.73. The van der Waals surface area contributed by atoms with Crippen LogP contribution in [-0.4, -0.2) is 41.7 Å². The van der Waals surface area contributed by atoms with Gasteiger partial charge in [0.1, 0.15) is 6.54 Å². The summed E-state index contributed by atoms with van der Waals surface area (Å²) < 4.78 is 4.99. The number of hydrogen-bond acceptors (Lipinski definition) is 5. The minimum atomic E-state index is -0.746. The number of rotatable bonds is 5. The second-order valence-corrected chi connectivity index (χ2v) is 8.17. The monoisotopic (exact) mass is 384 g/mol. The van der Waals surface area contributed by atoms with Gasteiger partial charge in [-0.25, -0.2) is 0 Å². The van der Waals surface area contributed by atoms with Crippen molar-refractivity contribution < 1.29 is 23.9 Å². The second kappa shape index (κ2) is 7.04. The van der Waals surface area contributed by atoms with Gasteiger partial charge < -0.3 is 10.1 Å². The van der Waals surface area contributed by atoms with Crippen molar-refractivity contribution in [1.82, 2.24) is 4.90 Å².